The molecular formula is C65H44N4S. The van der Waals surface area contributed by atoms with Gasteiger partial charge in [0.2, 0.25) is 0 Å². The van der Waals surface area contributed by atoms with Gasteiger partial charge in [-0.2, -0.15) is 0 Å². The fraction of sp³-hybridized carbons (Fsp3) is 0.0923. The van der Waals surface area contributed by atoms with E-state index in [-0.39, 0.29) is 10.8 Å². The predicted molar refractivity (Wildman–Crippen MR) is 294 cm³/mol. The van der Waals surface area contributed by atoms with E-state index in [1.807, 2.05) is 11.3 Å². The molecule has 10 aromatic carbocycles. The maximum Gasteiger partial charge on any atom is 0.165 e. The summed E-state index contributed by atoms with van der Waals surface area (Å²) in [6.07, 6.45) is 0. The van der Waals surface area contributed by atoms with Gasteiger partial charge in [-0.3, -0.25) is 0 Å². The summed E-state index contributed by atoms with van der Waals surface area (Å²) in [4.78, 5) is 17.0. The van der Waals surface area contributed by atoms with Crippen LogP contribution in [0.3, 0.4) is 0 Å². The molecule has 0 aliphatic heterocycles. The van der Waals surface area contributed by atoms with Crippen molar-refractivity contribution in [1.29, 1.82) is 0 Å². The van der Waals surface area contributed by atoms with E-state index in [9.17, 15) is 0 Å². The van der Waals surface area contributed by atoms with Gasteiger partial charge in [-0.05, 0) is 96.4 Å². The summed E-state index contributed by atoms with van der Waals surface area (Å²) in [5, 5.41) is 9.86. The van der Waals surface area contributed by atoms with Crippen molar-refractivity contribution in [3.05, 3.63) is 216 Å². The number of hydrogen-bond donors (Lipinski definition) is 0. The minimum atomic E-state index is -0.188. The Kier molecular flexibility index (Phi) is 8.04. The monoisotopic (exact) mass is 912 g/mol. The summed E-state index contributed by atoms with van der Waals surface area (Å²) < 4.78 is 4.86. The van der Waals surface area contributed by atoms with Crippen LogP contribution in [0.2, 0.25) is 0 Å². The maximum absolute atomic E-state index is 5.69. The number of rotatable bonds is 4. The molecule has 0 saturated carbocycles. The Bertz CT molecular complexity index is 4210. The summed E-state index contributed by atoms with van der Waals surface area (Å²) in [6, 6.07) is 71.4. The molecule has 0 saturated heterocycles. The van der Waals surface area contributed by atoms with Crippen molar-refractivity contribution < 1.29 is 0 Å². The number of thiophene rings is 1. The van der Waals surface area contributed by atoms with Gasteiger partial charge in [0.25, 0.3) is 0 Å². The van der Waals surface area contributed by atoms with Crippen LogP contribution in [-0.4, -0.2) is 19.5 Å². The Balaban J connectivity index is 1.07. The number of aromatic nitrogens is 4. The first-order valence-corrected chi connectivity index (χ1v) is 25.1. The van der Waals surface area contributed by atoms with E-state index in [2.05, 4.69) is 226 Å². The van der Waals surface area contributed by atoms with E-state index in [0.717, 1.165) is 38.1 Å². The van der Waals surface area contributed by atoms with E-state index < -0.39 is 0 Å². The minimum Gasteiger partial charge on any atom is -0.309 e. The van der Waals surface area contributed by atoms with E-state index in [1.54, 1.807) is 0 Å². The first kappa shape index (κ1) is 39.7. The van der Waals surface area contributed by atoms with Crippen LogP contribution < -0.4 is 0 Å². The van der Waals surface area contributed by atoms with Crippen LogP contribution in [0.1, 0.15) is 49.9 Å². The lowest BCUT2D eigenvalue weighted by Gasteiger charge is -2.21. The lowest BCUT2D eigenvalue weighted by Crippen LogP contribution is -2.15. The van der Waals surface area contributed by atoms with Gasteiger partial charge in [-0.1, -0.05) is 191 Å². The van der Waals surface area contributed by atoms with E-state index >= 15 is 0 Å². The predicted octanol–water partition coefficient (Wildman–Crippen LogP) is 17.3. The molecule has 0 spiro atoms. The highest BCUT2D eigenvalue weighted by atomic mass is 32.1. The molecule has 70 heavy (non-hydrogen) atoms. The second-order valence-electron chi connectivity index (χ2n) is 20.3. The fourth-order valence-electron chi connectivity index (χ4n) is 12.6. The molecule has 0 fully saturated rings. The molecule has 13 aromatic rings. The molecule has 0 atom stereocenters. The van der Waals surface area contributed by atoms with E-state index in [1.165, 1.54) is 92.3 Å². The summed E-state index contributed by atoms with van der Waals surface area (Å²) in [5.74, 6) is 1.99. The highest BCUT2D eigenvalue weighted by Crippen LogP contribution is 2.54. The Hall–Kier alpha value is -8.25. The standard InChI is InChI=1S/C65H44N4S/c1-64(2)49-26-12-9-22-43(49)56-45(24-15-28-51(56)64)61-66-62(46-25-16-29-52-57(46)44-23-10-13-27-50(44)65(52,3)4)68-63(67-61)48-36-39(35-47-42-21-11-14-30-55(42)70-60(47)48)69-53-33-31-37-17-5-7-19-40(37)58(53)59-41-20-8-6-18-38(41)32-34-54(59)69/h5-36H,1-4H3. The van der Waals surface area contributed by atoms with Crippen molar-refractivity contribution in [3.63, 3.8) is 0 Å². The normalized spacial score (nSPS) is 14.2. The third-order valence-corrected chi connectivity index (χ3v) is 17.1. The summed E-state index contributed by atoms with van der Waals surface area (Å²) in [7, 11) is 0. The average Bonchev–Trinajstić information content (AvgIpc) is 4.09. The Morgan fingerprint density at radius 2 is 0.814 bits per heavy atom. The lowest BCUT2D eigenvalue weighted by atomic mass is 9.82. The van der Waals surface area contributed by atoms with Crippen molar-refractivity contribution in [2.24, 2.45) is 0 Å². The first-order chi connectivity index (χ1) is 34.2. The molecule has 0 amide bonds. The zero-order valence-electron chi connectivity index (χ0n) is 39.2. The maximum atomic E-state index is 5.69. The van der Waals surface area contributed by atoms with Gasteiger partial charge in [0.1, 0.15) is 0 Å². The second-order valence-corrected chi connectivity index (χ2v) is 21.3. The van der Waals surface area contributed by atoms with Crippen LogP contribution in [0.5, 0.6) is 0 Å². The van der Waals surface area contributed by atoms with Crippen LogP contribution in [-0.2, 0) is 10.8 Å². The molecule has 5 heteroatoms. The number of fused-ring (bicyclic) bond motifs is 16. The first-order valence-electron chi connectivity index (χ1n) is 24.3. The third kappa shape index (κ3) is 5.33. The summed E-state index contributed by atoms with van der Waals surface area (Å²) in [5.41, 5.74) is 16.1. The number of hydrogen-bond acceptors (Lipinski definition) is 4. The molecule has 15 rings (SSSR count). The highest BCUT2D eigenvalue weighted by Gasteiger charge is 2.39. The van der Waals surface area contributed by atoms with Crippen molar-refractivity contribution in [3.8, 4) is 62.1 Å². The number of nitrogens with zero attached hydrogens (tertiary/aromatic N) is 4. The minimum absolute atomic E-state index is 0.188. The van der Waals surface area contributed by atoms with Crippen molar-refractivity contribution in [2.45, 2.75) is 38.5 Å². The van der Waals surface area contributed by atoms with Crippen molar-refractivity contribution >= 4 is 74.9 Å². The summed E-state index contributed by atoms with van der Waals surface area (Å²) in [6.45, 7) is 9.34. The Morgan fingerprint density at radius 3 is 1.37 bits per heavy atom. The van der Waals surface area contributed by atoms with Gasteiger partial charge in [0, 0.05) is 64.2 Å². The zero-order valence-corrected chi connectivity index (χ0v) is 40.0. The zero-order chi connectivity index (χ0) is 46.6. The highest BCUT2D eigenvalue weighted by molar-refractivity contribution is 7.26. The van der Waals surface area contributed by atoms with Gasteiger partial charge in [-0.25, -0.2) is 15.0 Å². The molecule has 4 nitrogen and oxygen atoms in total. The fourth-order valence-corrected chi connectivity index (χ4v) is 13.7. The second kappa shape index (κ2) is 14.2. The van der Waals surface area contributed by atoms with Crippen molar-refractivity contribution in [1.82, 2.24) is 19.5 Å². The SMILES string of the molecule is CC1(C)c2ccccc2-c2c(-c3nc(-c4cccc5c4-c4ccccc4C5(C)C)nc(-c4cc(-n5c6ccc7ccccc7c6c6c7ccccc7ccc65)cc5c4sc4ccccc45)n3)cccc21. The molecule has 3 heterocycles. The van der Waals surface area contributed by atoms with Crippen LogP contribution in [0.25, 0.3) is 126 Å². The molecule has 2 aliphatic rings. The van der Waals surface area contributed by atoms with Crippen LogP contribution in [0.4, 0.5) is 0 Å². The van der Waals surface area contributed by atoms with Gasteiger partial charge in [0.15, 0.2) is 17.5 Å². The molecule has 0 unspecified atom stereocenters. The molecule has 0 N–H and O–H groups in total. The smallest absolute Gasteiger partial charge is 0.165 e. The molecule has 3 aromatic heterocycles. The molecule has 330 valence electrons. The van der Waals surface area contributed by atoms with Crippen molar-refractivity contribution in [2.75, 3.05) is 0 Å². The molecule has 0 bridgehead atoms. The quantitative estimate of drug-likeness (QED) is 0.177. The molecule has 2 aliphatic carbocycles. The largest absolute Gasteiger partial charge is 0.309 e. The van der Waals surface area contributed by atoms with Crippen LogP contribution >= 0.6 is 11.3 Å². The lowest BCUT2D eigenvalue weighted by molar-refractivity contribution is 0.660. The van der Waals surface area contributed by atoms with E-state index in [0.29, 0.717) is 17.5 Å². The van der Waals surface area contributed by atoms with E-state index in [4.69, 9.17) is 15.0 Å². The van der Waals surface area contributed by atoms with Gasteiger partial charge in [-0.15, -0.1) is 11.3 Å². The number of benzene rings is 10. The summed E-state index contributed by atoms with van der Waals surface area (Å²) >= 11 is 1.81. The topological polar surface area (TPSA) is 43.6 Å². The average molecular weight is 913 g/mol. The molecular weight excluding hydrogens is 869 g/mol. The molecule has 0 radical (unpaired) electrons. The third-order valence-electron chi connectivity index (χ3n) is 15.8. The Morgan fingerprint density at radius 1 is 0.371 bits per heavy atom. The van der Waals surface area contributed by atoms with Crippen LogP contribution in [0, 0.1) is 0 Å². The van der Waals surface area contributed by atoms with Gasteiger partial charge in [0.05, 0.1) is 11.0 Å². The van der Waals surface area contributed by atoms with Crippen LogP contribution in [0.15, 0.2) is 194 Å². The van der Waals surface area contributed by atoms with Gasteiger partial charge < -0.3 is 4.57 Å². The van der Waals surface area contributed by atoms with Gasteiger partial charge >= 0.3 is 0 Å². The Labute approximate surface area is 409 Å².